The highest BCUT2D eigenvalue weighted by Crippen LogP contribution is 2.23. The van der Waals surface area contributed by atoms with E-state index in [1.54, 1.807) is 18.3 Å². The molecule has 0 aliphatic rings. The van der Waals surface area contributed by atoms with Gasteiger partial charge in [-0.3, -0.25) is 0 Å². The summed E-state index contributed by atoms with van der Waals surface area (Å²) in [5.41, 5.74) is 2.97. The molecule has 0 unspecified atom stereocenters. The van der Waals surface area contributed by atoms with Gasteiger partial charge in [-0.1, -0.05) is 30.3 Å². The van der Waals surface area contributed by atoms with Crippen molar-refractivity contribution in [3.05, 3.63) is 67.0 Å². The number of aromatic nitrogens is 2. The SMILES string of the molecule is O=C(O)COc1ccc(-c2cnn(-c3ccccc3)c2)cc1. The van der Waals surface area contributed by atoms with Crippen molar-refractivity contribution in [2.45, 2.75) is 0 Å². The van der Waals surface area contributed by atoms with E-state index < -0.39 is 5.97 Å². The Bertz CT molecular complexity index is 764. The van der Waals surface area contributed by atoms with Crippen molar-refractivity contribution < 1.29 is 14.6 Å². The average molecular weight is 294 g/mol. The van der Waals surface area contributed by atoms with E-state index in [0.717, 1.165) is 16.8 Å². The molecule has 0 bridgehead atoms. The third-order valence-electron chi connectivity index (χ3n) is 3.15. The molecular weight excluding hydrogens is 280 g/mol. The van der Waals surface area contributed by atoms with Crippen LogP contribution in [-0.2, 0) is 4.79 Å². The topological polar surface area (TPSA) is 64.3 Å². The fraction of sp³-hybridized carbons (Fsp3) is 0.0588. The number of nitrogens with zero attached hydrogens (tertiary/aromatic N) is 2. The molecule has 22 heavy (non-hydrogen) atoms. The second-order valence-corrected chi connectivity index (χ2v) is 4.72. The van der Waals surface area contributed by atoms with E-state index >= 15 is 0 Å². The van der Waals surface area contributed by atoms with Gasteiger partial charge in [0.05, 0.1) is 11.9 Å². The lowest BCUT2D eigenvalue weighted by molar-refractivity contribution is -0.139. The molecular formula is C17H14N2O3. The second-order valence-electron chi connectivity index (χ2n) is 4.72. The number of aliphatic carboxylic acids is 1. The number of hydrogen-bond acceptors (Lipinski definition) is 3. The number of carboxylic acid groups (broad SMARTS) is 1. The summed E-state index contributed by atoms with van der Waals surface area (Å²) in [6.45, 7) is -0.342. The predicted molar refractivity (Wildman–Crippen MR) is 82.1 cm³/mol. The Kier molecular flexibility index (Phi) is 3.87. The van der Waals surface area contributed by atoms with Gasteiger partial charge in [-0.25, -0.2) is 9.48 Å². The minimum Gasteiger partial charge on any atom is -0.482 e. The lowest BCUT2D eigenvalue weighted by Crippen LogP contribution is -2.09. The summed E-state index contributed by atoms with van der Waals surface area (Å²) >= 11 is 0. The lowest BCUT2D eigenvalue weighted by atomic mass is 10.1. The summed E-state index contributed by atoms with van der Waals surface area (Å²) in [5.74, 6) is -0.463. The maximum absolute atomic E-state index is 10.5. The Morgan fingerprint density at radius 2 is 1.77 bits per heavy atom. The van der Waals surface area contributed by atoms with Gasteiger partial charge in [-0.15, -0.1) is 0 Å². The van der Waals surface area contributed by atoms with Crippen LogP contribution in [0.15, 0.2) is 67.0 Å². The number of benzene rings is 2. The van der Waals surface area contributed by atoms with Crippen LogP contribution in [0, 0.1) is 0 Å². The van der Waals surface area contributed by atoms with E-state index in [4.69, 9.17) is 9.84 Å². The first-order valence-corrected chi connectivity index (χ1v) is 6.77. The van der Waals surface area contributed by atoms with Crippen LogP contribution in [0.2, 0.25) is 0 Å². The highest BCUT2D eigenvalue weighted by Gasteiger charge is 2.04. The Morgan fingerprint density at radius 3 is 2.45 bits per heavy atom. The first kappa shape index (κ1) is 13.9. The van der Waals surface area contributed by atoms with Gasteiger partial charge in [0, 0.05) is 11.8 Å². The Morgan fingerprint density at radius 1 is 1.05 bits per heavy atom. The summed E-state index contributed by atoms with van der Waals surface area (Å²) < 4.78 is 6.92. The number of carbonyl (C=O) groups is 1. The number of ether oxygens (including phenoxy) is 1. The second kappa shape index (κ2) is 6.13. The number of carboxylic acids is 1. The quantitative estimate of drug-likeness (QED) is 0.785. The molecule has 0 spiro atoms. The molecule has 0 radical (unpaired) electrons. The van der Waals surface area contributed by atoms with Crippen LogP contribution in [0.3, 0.4) is 0 Å². The third-order valence-corrected chi connectivity index (χ3v) is 3.15. The van der Waals surface area contributed by atoms with Crippen LogP contribution < -0.4 is 4.74 Å². The Hall–Kier alpha value is -3.08. The molecule has 0 atom stereocenters. The maximum atomic E-state index is 10.5. The van der Waals surface area contributed by atoms with Gasteiger partial charge in [0.15, 0.2) is 6.61 Å². The molecule has 1 N–H and O–H groups in total. The zero-order chi connectivity index (χ0) is 15.4. The first-order chi connectivity index (χ1) is 10.7. The molecule has 0 aliphatic carbocycles. The van der Waals surface area contributed by atoms with Crippen LogP contribution in [-0.4, -0.2) is 27.5 Å². The number of rotatable bonds is 5. The molecule has 5 nitrogen and oxygen atoms in total. The maximum Gasteiger partial charge on any atom is 0.341 e. The first-order valence-electron chi connectivity index (χ1n) is 6.77. The molecule has 0 aliphatic heterocycles. The van der Waals surface area contributed by atoms with Crippen molar-refractivity contribution in [2.75, 3.05) is 6.61 Å². The summed E-state index contributed by atoms with van der Waals surface area (Å²) in [5, 5.41) is 12.9. The smallest absolute Gasteiger partial charge is 0.341 e. The largest absolute Gasteiger partial charge is 0.482 e. The van der Waals surface area contributed by atoms with Crippen molar-refractivity contribution >= 4 is 5.97 Å². The van der Waals surface area contributed by atoms with Crippen molar-refractivity contribution in [1.29, 1.82) is 0 Å². The molecule has 5 heteroatoms. The van der Waals surface area contributed by atoms with Crippen LogP contribution in [0.4, 0.5) is 0 Å². The zero-order valence-electron chi connectivity index (χ0n) is 11.7. The van der Waals surface area contributed by atoms with Crippen molar-refractivity contribution in [3.8, 4) is 22.6 Å². The average Bonchev–Trinajstić information content (AvgIpc) is 3.04. The van der Waals surface area contributed by atoms with Crippen molar-refractivity contribution in [2.24, 2.45) is 0 Å². The highest BCUT2D eigenvalue weighted by molar-refractivity contribution is 5.68. The number of para-hydroxylation sites is 1. The van der Waals surface area contributed by atoms with Gasteiger partial charge < -0.3 is 9.84 Å². The minimum atomic E-state index is -0.992. The standard InChI is InChI=1S/C17H14N2O3/c20-17(21)12-22-16-8-6-13(7-9-16)14-10-18-19(11-14)15-4-2-1-3-5-15/h1-11H,12H2,(H,20,21). The molecule has 0 amide bonds. The van der Waals surface area contributed by atoms with E-state index in [-0.39, 0.29) is 6.61 Å². The Labute approximate surface area is 127 Å². The van der Waals surface area contributed by atoms with E-state index in [1.165, 1.54) is 0 Å². The Balaban J connectivity index is 1.77. The van der Waals surface area contributed by atoms with Gasteiger partial charge in [0.2, 0.25) is 0 Å². The van der Waals surface area contributed by atoms with Gasteiger partial charge in [0.1, 0.15) is 5.75 Å². The molecule has 3 aromatic rings. The molecule has 0 saturated heterocycles. The fourth-order valence-corrected chi connectivity index (χ4v) is 2.08. The molecule has 1 aromatic heterocycles. The van der Waals surface area contributed by atoms with Crippen molar-refractivity contribution in [3.63, 3.8) is 0 Å². The summed E-state index contributed by atoms with van der Waals surface area (Å²) in [6.07, 6.45) is 3.74. The van der Waals surface area contributed by atoms with Crippen LogP contribution >= 0.6 is 0 Å². The number of hydrogen-bond donors (Lipinski definition) is 1. The highest BCUT2D eigenvalue weighted by atomic mass is 16.5. The third kappa shape index (κ3) is 3.15. The molecule has 110 valence electrons. The van der Waals surface area contributed by atoms with E-state index in [2.05, 4.69) is 5.10 Å². The van der Waals surface area contributed by atoms with Gasteiger partial charge in [-0.2, -0.15) is 5.10 Å². The molecule has 0 saturated carbocycles. The zero-order valence-corrected chi connectivity index (χ0v) is 11.7. The van der Waals surface area contributed by atoms with Crippen LogP contribution in [0.25, 0.3) is 16.8 Å². The molecule has 0 fully saturated rings. The lowest BCUT2D eigenvalue weighted by Gasteiger charge is -2.04. The van der Waals surface area contributed by atoms with Gasteiger partial charge in [0.25, 0.3) is 0 Å². The van der Waals surface area contributed by atoms with E-state index in [9.17, 15) is 4.79 Å². The normalized spacial score (nSPS) is 10.4. The van der Waals surface area contributed by atoms with Crippen molar-refractivity contribution in [1.82, 2.24) is 9.78 Å². The molecule has 1 heterocycles. The van der Waals surface area contributed by atoms with Gasteiger partial charge >= 0.3 is 5.97 Å². The van der Waals surface area contributed by atoms with Gasteiger partial charge in [-0.05, 0) is 29.8 Å². The predicted octanol–water partition coefficient (Wildman–Crippen LogP) is 3.00. The summed E-state index contributed by atoms with van der Waals surface area (Å²) in [7, 11) is 0. The monoisotopic (exact) mass is 294 g/mol. The molecule has 2 aromatic carbocycles. The summed E-state index contributed by atoms with van der Waals surface area (Å²) in [6, 6.07) is 17.1. The summed E-state index contributed by atoms with van der Waals surface area (Å²) in [4.78, 5) is 10.5. The molecule has 3 rings (SSSR count). The fourth-order valence-electron chi connectivity index (χ4n) is 2.08. The van der Waals surface area contributed by atoms with E-state index in [0.29, 0.717) is 5.75 Å². The van der Waals surface area contributed by atoms with E-state index in [1.807, 2.05) is 53.3 Å². The van der Waals surface area contributed by atoms with Crippen LogP contribution in [0.5, 0.6) is 5.75 Å². The van der Waals surface area contributed by atoms with Crippen LogP contribution in [0.1, 0.15) is 0 Å². The minimum absolute atomic E-state index is 0.342.